The second kappa shape index (κ2) is 5.65. The van der Waals surface area contributed by atoms with E-state index in [1.54, 1.807) is 12.1 Å². The smallest absolute Gasteiger partial charge is 0.235 e. The van der Waals surface area contributed by atoms with Crippen LogP contribution in [0, 0.1) is 6.92 Å². The number of methoxy groups -OCH3 is 1. The summed E-state index contributed by atoms with van der Waals surface area (Å²) < 4.78 is 31.2. The van der Waals surface area contributed by atoms with Crippen LogP contribution in [0.4, 0.5) is 5.69 Å². The van der Waals surface area contributed by atoms with Gasteiger partial charge in [0.05, 0.1) is 12.4 Å². The molecule has 0 aromatic heterocycles. The predicted octanol–water partition coefficient (Wildman–Crippen LogP) is 2.15. The highest BCUT2D eigenvalue weighted by Crippen LogP contribution is 2.19. The largest absolute Gasteiger partial charge is 0.384 e. The topological polar surface area (TPSA) is 55.4 Å². The van der Waals surface area contributed by atoms with E-state index in [0.29, 0.717) is 5.69 Å². The molecule has 90 valence electrons. The number of hydrogen-bond acceptors (Lipinski definition) is 3. The Bertz CT molecular complexity index is 439. The van der Waals surface area contributed by atoms with Crippen LogP contribution in [0.25, 0.3) is 0 Å². The van der Waals surface area contributed by atoms with Gasteiger partial charge in [0, 0.05) is 17.3 Å². The molecule has 0 aliphatic heterocycles. The lowest BCUT2D eigenvalue weighted by molar-refractivity contribution is 0.217. The zero-order valence-corrected chi connectivity index (χ0v) is 11.6. The van der Waals surface area contributed by atoms with Crippen LogP contribution in [0.1, 0.15) is 5.56 Å². The Balaban J connectivity index is 2.80. The Kier molecular flexibility index (Phi) is 4.76. The third kappa shape index (κ3) is 4.51. The fourth-order valence-electron chi connectivity index (χ4n) is 1.22. The van der Waals surface area contributed by atoms with Crippen LogP contribution in [0.2, 0.25) is 0 Å². The van der Waals surface area contributed by atoms with Crippen molar-refractivity contribution in [3.63, 3.8) is 0 Å². The molecule has 0 unspecified atom stereocenters. The Hall–Kier alpha value is -0.590. The van der Waals surface area contributed by atoms with E-state index in [2.05, 4.69) is 20.7 Å². The van der Waals surface area contributed by atoms with Gasteiger partial charge >= 0.3 is 0 Å². The minimum absolute atomic E-state index is 0.0466. The molecular weight excluding hydrogens is 294 g/mol. The SMILES string of the molecule is COCCS(=O)(=O)Nc1cc(C)cc(Br)c1. The van der Waals surface area contributed by atoms with Crippen molar-refractivity contribution in [2.24, 2.45) is 0 Å². The van der Waals surface area contributed by atoms with Crippen LogP contribution in [-0.4, -0.2) is 27.9 Å². The molecule has 0 aliphatic carbocycles. The molecule has 1 rings (SSSR count). The zero-order chi connectivity index (χ0) is 12.2. The van der Waals surface area contributed by atoms with Gasteiger partial charge in [0.2, 0.25) is 10.0 Å². The number of ether oxygens (including phenoxy) is 1. The lowest BCUT2D eigenvalue weighted by Crippen LogP contribution is -2.19. The summed E-state index contributed by atoms with van der Waals surface area (Å²) >= 11 is 3.31. The molecule has 1 aromatic rings. The summed E-state index contributed by atoms with van der Waals surface area (Å²) in [6.45, 7) is 2.08. The molecule has 0 amide bonds. The second-order valence-electron chi connectivity index (χ2n) is 3.43. The molecule has 16 heavy (non-hydrogen) atoms. The van der Waals surface area contributed by atoms with Crippen LogP contribution in [-0.2, 0) is 14.8 Å². The molecule has 0 radical (unpaired) electrons. The molecule has 0 saturated heterocycles. The van der Waals surface area contributed by atoms with Crippen molar-refractivity contribution in [1.29, 1.82) is 0 Å². The summed E-state index contributed by atoms with van der Waals surface area (Å²) in [5.74, 6) is -0.0466. The minimum atomic E-state index is -3.33. The quantitative estimate of drug-likeness (QED) is 0.907. The van der Waals surface area contributed by atoms with Crippen molar-refractivity contribution in [1.82, 2.24) is 0 Å². The Morgan fingerprint density at radius 1 is 1.38 bits per heavy atom. The van der Waals surface area contributed by atoms with Gasteiger partial charge in [0.25, 0.3) is 0 Å². The fraction of sp³-hybridized carbons (Fsp3) is 0.400. The summed E-state index contributed by atoms with van der Waals surface area (Å²) in [6.07, 6.45) is 0. The highest BCUT2D eigenvalue weighted by Gasteiger charge is 2.10. The average molecular weight is 308 g/mol. The van der Waals surface area contributed by atoms with Crippen molar-refractivity contribution in [2.75, 3.05) is 24.2 Å². The summed E-state index contributed by atoms with van der Waals surface area (Å²) in [4.78, 5) is 0. The van der Waals surface area contributed by atoms with E-state index in [1.807, 2.05) is 13.0 Å². The van der Waals surface area contributed by atoms with Gasteiger partial charge in [0.15, 0.2) is 0 Å². The number of aryl methyl sites for hydroxylation is 1. The molecule has 0 saturated carbocycles. The fourth-order valence-corrected chi connectivity index (χ4v) is 2.79. The third-order valence-electron chi connectivity index (χ3n) is 1.87. The molecule has 1 aromatic carbocycles. The van der Waals surface area contributed by atoms with Gasteiger partial charge in [-0.3, -0.25) is 4.72 Å². The van der Waals surface area contributed by atoms with Crippen LogP contribution in [0.5, 0.6) is 0 Å². The number of benzene rings is 1. The molecule has 0 fully saturated rings. The lowest BCUT2D eigenvalue weighted by atomic mass is 10.2. The van der Waals surface area contributed by atoms with E-state index in [4.69, 9.17) is 4.74 Å². The van der Waals surface area contributed by atoms with Gasteiger partial charge in [-0.25, -0.2) is 8.42 Å². The number of hydrogen-bond donors (Lipinski definition) is 1. The maximum Gasteiger partial charge on any atom is 0.235 e. The van der Waals surface area contributed by atoms with E-state index in [1.165, 1.54) is 7.11 Å². The van der Waals surface area contributed by atoms with E-state index >= 15 is 0 Å². The van der Waals surface area contributed by atoms with Gasteiger partial charge in [-0.2, -0.15) is 0 Å². The number of sulfonamides is 1. The van der Waals surface area contributed by atoms with Crippen molar-refractivity contribution >= 4 is 31.6 Å². The average Bonchev–Trinajstić information content (AvgIpc) is 2.12. The van der Waals surface area contributed by atoms with Gasteiger partial charge in [0.1, 0.15) is 0 Å². The van der Waals surface area contributed by atoms with E-state index in [-0.39, 0.29) is 12.4 Å². The van der Waals surface area contributed by atoms with E-state index in [0.717, 1.165) is 10.0 Å². The van der Waals surface area contributed by atoms with Gasteiger partial charge in [-0.15, -0.1) is 0 Å². The Morgan fingerprint density at radius 2 is 2.06 bits per heavy atom. The van der Waals surface area contributed by atoms with Crippen LogP contribution >= 0.6 is 15.9 Å². The summed E-state index contributed by atoms with van der Waals surface area (Å²) in [6, 6.07) is 5.40. The number of halogens is 1. The standard InChI is InChI=1S/C10H14BrNO3S/c1-8-5-9(11)7-10(6-8)12-16(13,14)4-3-15-2/h5-7,12H,3-4H2,1-2H3. The summed E-state index contributed by atoms with van der Waals surface area (Å²) in [7, 11) is -1.86. The van der Waals surface area contributed by atoms with Crippen LogP contribution in [0.3, 0.4) is 0 Å². The molecule has 0 spiro atoms. The molecule has 0 atom stereocenters. The normalized spacial score (nSPS) is 11.4. The molecule has 6 heteroatoms. The first-order valence-electron chi connectivity index (χ1n) is 4.69. The lowest BCUT2D eigenvalue weighted by Gasteiger charge is -2.08. The van der Waals surface area contributed by atoms with Crippen molar-refractivity contribution in [2.45, 2.75) is 6.92 Å². The first-order valence-corrected chi connectivity index (χ1v) is 7.14. The monoisotopic (exact) mass is 307 g/mol. The molecule has 0 aliphatic rings. The zero-order valence-electron chi connectivity index (χ0n) is 9.16. The van der Waals surface area contributed by atoms with Crippen LogP contribution in [0.15, 0.2) is 22.7 Å². The summed E-state index contributed by atoms with van der Waals surface area (Å²) in [5.41, 5.74) is 1.54. The first-order chi connectivity index (χ1) is 7.43. The van der Waals surface area contributed by atoms with E-state index in [9.17, 15) is 8.42 Å². The maximum atomic E-state index is 11.6. The van der Waals surface area contributed by atoms with Crippen molar-refractivity contribution in [3.05, 3.63) is 28.2 Å². The number of rotatable bonds is 5. The minimum Gasteiger partial charge on any atom is -0.384 e. The third-order valence-corrected chi connectivity index (χ3v) is 3.58. The first kappa shape index (κ1) is 13.5. The number of nitrogens with one attached hydrogen (secondary N) is 1. The molecule has 0 bridgehead atoms. The molecule has 0 heterocycles. The summed E-state index contributed by atoms with van der Waals surface area (Å²) in [5, 5.41) is 0. The highest BCUT2D eigenvalue weighted by molar-refractivity contribution is 9.10. The molecular formula is C10H14BrNO3S. The van der Waals surface area contributed by atoms with Gasteiger partial charge < -0.3 is 4.74 Å². The van der Waals surface area contributed by atoms with Crippen LogP contribution < -0.4 is 4.72 Å². The second-order valence-corrected chi connectivity index (χ2v) is 6.19. The maximum absolute atomic E-state index is 11.6. The van der Waals surface area contributed by atoms with Gasteiger partial charge in [-0.1, -0.05) is 15.9 Å². The Morgan fingerprint density at radius 3 is 2.62 bits per heavy atom. The van der Waals surface area contributed by atoms with Crippen molar-refractivity contribution < 1.29 is 13.2 Å². The molecule has 1 N–H and O–H groups in total. The van der Waals surface area contributed by atoms with Gasteiger partial charge in [-0.05, 0) is 30.7 Å². The van der Waals surface area contributed by atoms with E-state index < -0.39 is 10.0 Å². The number of anilines is 1. The van der Waals surface area contributed by atoms with Crippen molar-refractivity contribution in [3.8, 4) is 0 Å². The Labute approximate surface area is 104 Å². The molecule has 4 nitrogen and oxygen atoms in total. The highest BCUT2D eigenvalue weighted by atomic mass is 79.9. The predicted molar refractivity (Wildman–Crippen MR) is 68.2 cm³/mol.